The summed E-state index contributed by atoms with van der Waals surface area (Å²) < 4.78 is 4.62. The van der Waals surface area contributed by atoms with E-state index < -0.39 is 12.0 Å². The standard InChI is InChI=1S/C12H10Cl2N2O3/c13-8-3-7(4-9(14)5-8)11(17)12(18)15-6-10-1-2-19-16-10/h1-5,11,17H,6H2,(H,15,18)/t11-/m1/s1. The number of aliphatic hydroxyl groups excluding tert-OH is 1. The Morgan fingerprint density at radius 3 is 2.63 bits per heavy atom. The lowest BCUT2D eigenvalue weighted by Crippen LogP contribution is -2.28. The molecule has 0 spiro atoms. The van der Waals surface area contributed by atoms with Gasteiger partial charge in [-0.25, -0.2) is 0 Å². The Morgan fingerprint density at radius 2 is 2.05 bits per heavy atom. The Morgan fingerprint density at radius 1 is 1.37 bits per heavy atom. The lowest BCUT2D eigenvalue weighted by molar-refractivity contribution is -0.129. The number of hydrogen-bond donors (Lipinski definition) is 2. The van der Waals surface area contributed by atoms with Gasteiger partial charge in [0, 0.05) is 16.1 Å². The first-order valence-corrected chi connectivity index (χ1v) is 6.13. The first kappa shape index (κ1) is 13.9. The van der Waals surface area contributed by atoms with Crippen molar-refractivity contribution < 1.29 is 14.4 Å². The van der Waals surface area contributed by atoms with Crippen LogP contribution in [0.3, 0.4) is 0 Å². The van der Waals surface area contributed by atoms with Crippen molar-refractivity contribution in [3.05, 3.63) is 51.8 Å². The van der Waals surface area contributed by atoms with Gasteiger partial charge in [0.2, 0.25) is 0 Å². The van der Waals surface area contributed by atoms with E-state index in [1.165, 1.54) is 24.5 Å². The second-order valence-corrected chi connectivity index (χ2v) is 4.69. The number of carbonyl (C=O) groups excluding carboxylic acids is 1. The van der Waals surface area contributed by atoms with Gasteiger partial charge >= 0.3 is 0 Å². The van der Waals surface area contributed by atoms with Gasteiger partial charge in [-0.15, -0.1) is 0 Å². The number of carbonyl (C=O) groups is 1. The maximum absolute atomic E-state index is 11.8. The molecule has 0 aliphatic rings. The maximum Gasteiger partial charge on any atom is 0.253 e. The quantitative estimate of drug-likeness (QED) is 0.909. The molecular weight excluding hydrogens is 291 g/mol. The molecule has 7 heteroatoms. The SMILES string of the molecule is O=C(NCc1ccon1)[C@H](O)c1cc(Cl)cc(Cl)c1. The Balaban J connectivity index is 2.02. The van der Waals surface area contributed by atoms with Gasteiger partial charge in [0.25, 0.3) is 5.91 Å². The Kier molecular flexibility index (Phi) is 4.42. The highest BCUT2D eigenvalue weighted by Gasteiger charge is 2.18. The predicted octanol–water partition coefficient (Wildman–Crippen LogP) is 2.33. The Hall–Kier alpha value is -1.56. The summed E-state index contributed by atoms with van der Waals surface area (Å²) in [5.41, 5.74) is 0.889. The minimum absolute atomic E-state index is 0.167. The number of aromatic nitrogens is 1. The van der Waals surface area contributed by atoms with E-state index in [0.29, 0.717) is 21.3 Å². The summed E-state index contributed by atoms with van der Waals surface area (Å²) in [6.07, 6.45) is 0.0531. The monoisotopic (exact) mass is 300 g/mol. The third-order valence-electron chi connectivity index (χ3n) is 2.38. The van der Waals surface area contributed by atoms with E-state index in [0.717, 1.165) is 0 Å². The van der Waals surface area contributed by atoms with Crippen molar-refractivity contribution in [2.75, 3.05) is 0 Å². The molecule has 0 unspecified atom stereocenters. The van der Waals surface area contributed by atoms with Crippen molar-refractivity contribution >= 4 is 29.1 Å². The van der Waals surface area contributed by atoms with E-state index in [1.54, 1.807) is 6.07 Å². The summed E-state index contributed by atoms with van der Waals surface area (Å²) in [6.45, 7) is 0.167. The fourth-order valence-corrected chi connectivity index (χ4v) is 2.03. The van der Waals surface area contributed by atoms with Gasteiger partial charge in [0.15, 0.2) is 6.10 Å². The van der Waals surface area contributed by atoms with Crippen LogP contribution in [0.2, 0.25) is 10.0 Å². The van der Waals surface area contributed by atoms with Crippen LogP contribution < -0.4 is 5.32 Å². The van der Waals surface area contributed by atoms with Crippen LogP contribution in [0.5, 0.6) is 0 Å². The van der Waals surface area contributed by atoms with Gasteiger partial charge in [0.05, 0.1) is 6.54 Å². The number of hydrogen-bond acceptors (Lipinski definition) is 4. The van der Waals surface area contributed by atoms with Crippen molar-refractivity contribution in [2.24, 2.45) is 0 Å². The summed E-state index contributed by atoms with van der Waals surface area (Å²) >= 11 is 11.6. The van der Waals surface area contributed by atoms with Crippen LogP contribution in [0, 0.1) is 0 Å². The first-order chi connectivity index (χ1) is 9.06. The molecule has 1 amide bonds. The number of benzene rings is 1. The van der Waals surface area contributed by atoms with Crippen molar-refractivity contribution in [2.45, 2.75) is 12.6 Å². The highest BCUT2D eigenvalue weighted by molar-refractivity contribution is 6.34. The smallest absolute Gasteiger partial charge is 0.253 e. The van der Waals surface area contributed by atoms with Gasteiger partial charge in [-0.05, 0) is 23.8 Å². The molecule has 0 radical (unpaired) electrons. The van der Waals surface area contributed by atoms with Gasteiger partial charge < -0.3 is 14.9 Å². The second-order valence-electron chi connectivity index (χ2n) is 3.81. The molecule has 1 aromatic heterocycles. The fraction of sp³-hybridized carbons (Fsp3) is 0.167. The number of nitrogens with zero attached hydrogens (tertiary/aromatic N) is 1. The molecule has 1 atom stereocenters. The topological polar surface area (TPSA) is 75.4 Å². The van der Waals surface area contributed by atoms with Crippen molar-refractivity contribution in [1.29, 1.82) is 0 Å². The molecule has 0 saturated heterocycles. The molecule has 0 saturated carbocycles. The van der Waals surface area contributed by atoms with Crippen LogP contribution >= 0.6 is 23.2 Å². The van der Waals surface area contributed by atoms with Crippen molar-refractivity contribution in [1.82, 2.24) is 10.5 Å². The fourth-order valence-electron chi connectivity index (χ4n) is 1.49. The zero-order valence-electron chi connectivity index (χ0n) is 9.64. The van der Waals surface area contributed by atoms with E-state index in [4.69, 9.17) is 23.2 Å². The van der Waals surface area contributed by atoms with E-state index in [1.807, 2.05) is 0 Å². The van der Waals surface area contributed by atoms with Gasteiger partial charge in [-0.1, -0.05) is 28.4 Å². The molecule has 0 aliphatic heterocycles. The molecule has 1 aromatic carbocycles. The van der Waals surface area contributed by atoms with E-state index in [-0.39, 0.29) is 6.54 Å². The molecule has 0 bridgehead atoms. The Labute approximate surface area is 119 Å². The molecule has 2 aromatic rings. The molecule has 2 rings (SSSR count). The lowest BCUT2D eigenvalue weighted by atomic mass is 10.1. The summed E-state index contributed by atoms with van der Waals surface area (Å²) in [5, 5.41) is 16.8. The normalized spacial score (nSPS) is 12.2. The summed E-state index contributed by atoms with van der Waals surface area (Å²) in [4.78, 5) is 11.8. The van der Waals surface area contributed by atoms with Crippen LogP contribution in [0.4, 0.5) is 0 Å². The zero-order valence-corrected chi connectivity index (χ0v) is 11.1. The summed E-state index contributed by atoms with van der Waals surface area (Å²) in [6, 6.07) is 6.09. The molecule has 19 heavy (non-hydrogen) atoms. The van der Waals surface area contributed by atoms with E-state index >= 15 is 0 Å². The third kappa shape index (κ3) is 3.70. The van der Waals surface area contributed by atoms with Crippen LogP contribution in [-0.2, 0) is 11.3 Å². The Bertz CT molecular complexity index is 552. The summed E-state index contributed by atoms with van der Waals surface area (Å²) in [7, 11) is 0. The number of rotatable bonds is 4. The third-order valence-corrected chi connectivity index (χ3v) is 2.82. The molecule has 0 fully saturated rings. The predicted molar refractivity (Wildman–Crippen MR) is 69.8 cm³/mol. The second kappa shape index (κ2) is 6.06. The molecule has 2 N–H and O–H groups in total. The highest BCUT2D eigenvalue weighted by atomic mass is 35.5. The molecule has 0 aliphatic carbocycles. The largest absolute Gasteiger partial charge is 0.378 e. The van der Waals surface area contributed by atoms with Gasteiger partial charge in [-0.2, -0.15) is 0 Å². The van der Waals surface area contributed by atoms with E-state index in [2.05, 4.69) is 15.0 Å². The van der Waals surface area contributed by atoms with Gasteiger partial charge in [-0.3, -0.25) is 4.79 Å². The van der Waals surface area contributed by atoms with Gasteiger partial charge in [0.1, 0.15) is 12.0 Å². The van der Waals surface area contributed by atoms with E-state index in [9.17, 15) is 9.90 Å². The molecular formula is C12H10Cl2N2O3. The number of halogens is 2. The van der Waals surface area contributed by atoms with Crippen molar-refractivity contribution in [3.63, 3.8) is 0 Å². The molecule has 100 valence electrons. The minimum Gasteiger partial charge on any atom is -0.378 e. The molecule has 5 nitrogen and oxygen atoms in total. The number of aliphatic hydroxyl groups is 1. The van der Waals surface area contributed by atoms with Crippen LogP contribution in [-0.4, -0.2) is 16.2 Å². The highest BCUT2D eigenvalue weighted by Crippen LogP contribution is 2.23. The minimum atomic E-state index is -1.34. The molecule has 1 heterocycles. The zero-order chi connectivity index (χ0) is 13.8. The average molecular weight is 301 g/mol. The van der Waals surface area contributed by atoms with Crippen LogP contribution in [0.1, 0.15) is 17.4 Å². The average Bonchev–Trinajstić information content (AvgIpc) is 2.87. The maximum atomic E-state index is 11.8. The number of nitrogens with one attached hydrogen (secondary N) is 1. The first-order valence-electron chi connectivity index (χ1n) is 5.37. The van der Waals surface area contributed by atoms with Crippen LogP contribution in [0.15, 0.2) is 35.1 Å². The number of amides is 1. The summed E-state index contributed by atoms with van der Waals surface area (Å²) in [5.74, 6) is -0.568. The lowest BCUT2D eigenvalue weighted by Gasteiger charge is -2.11. The van der Waals surface area contributed by atoms with Crippen LogP contribution in [0.25, 0.3) is 0 Å². The van der Waals surface area contributed by atoms with Crippen molar-refractivity contribution in [3.8, 4) is 0 Å².